The molecule has 0 aromatic heterocycles. The zero-order valence-corrected chi connectivity index (χ0v) is 13.1. The van der Waals surface area contributed by atoms with Crippen molar-refractivity contribution in [2.24, 2.45) is 0 Å². The van der Waals surface area contributed by atoms with E-state index in [0.29, 0.717) is 12.3 Å². The number of hydrogen-bond acceptors (Lipinski definition) is 3. The molecule has 0 spiro atoms. The molecule has 1 N–H and O–H groups in total. The lowest BCUT2D eigenvalue weighted by molar-refractivity contribution is -0.137. The van der Waals surface area contributed by atoms with Gasteiger partial charge in [0.2, 0.25) is 0 Å². The van der Waals surface area contributed by atoms with E-state index in [0.717, 1.165) is 17.0 Å². The van der Waals surface area contributed by atoms with Crippen LogP contribution in [0.25, 0.3) is 0 Å². The average Bonchev–Trinajstić information content (AvgIpc) is 2.46. The van der Waals surface area contributed by atoms with Crippen molar-refractivity contribution < 1.29 is 14.7 Å². The molecule has 1 aromatic carbocycles. The van der Waals surface area contributed by atoms with Gasteiger partial charge in [0.25, 0.3) is 0 Å². The van der Waals surface area contributed by atoms with E-state index in [2.05, 4.69) is 0 Å². The Hall–Kier alpha value is -1.69. The summed E-state index contributed by atoms with van der Waals surface area (Å²) in [4.78, 5) is 26.8. The molecule has 114 valence electrons. The highest BCUT2D eigenvalue weighted by molar-refractivity contribution is 7.99. The van der Waals surface area contributed by atoms with Crippen LogP contribution in [0.15, 0.2) is 24.3 Å². The third-order valence-electron chi connectivity index (χ3n) is 3.59. The molecule has 1 unspecified atom stereocenters. The number of carboxylic acids is 1. The van der Waals surface area contributed by atoms with Gasteiger partial charge >= 0.3 is 12.0 Å². The van der Waals surface area contributed by atoms with Crippen molar-refractivity contribution in [3.05, 3.63) is 29.8 Å². The molecule has 5 nitrogen and oxygen atoms in total. The van der Waals surface area contributed by atoms with E-state index in [9.17, 15) is 9.59 Å². The second-order valence-electron chi connectivity index (χ2n) is 5.20. The van der Waals surface area contributed by atoms with Gasteiger partial charge in [-0.15, -0.1) is 0 Å². The van der Waals surface area contributed by atoms with Crippen LogP contribution in [0, 0.1) is 6.92 Å². The molecule has 0 aliphatic carbocycles. The molecule has 1 atom stereocenters. The van der Waals surface area contributed by atoms with Crippen molar-refractivity contribution in [3.8, 4) is 0 Å². The lowest BCUT2D eigenvalue weighted by Crippen LogP contribution is -2.51. The first-order valence-corrected chi connectivity index (χ1v) is 8.05. The molecule has 1 heterocycles. The number of carbonyl (C=O) groups is 2. The standard InChI is InChI=1S/C15H20N2O3S/c1-11-3-5-12(6-4-11)16(2)15(20)17-7-8-21-10-13(17)9-14(18)19/h3-6,13H,7-10H2,1-2H3,(H,18,19). The largest absolute Gasteiger partial charge is 0.481 e. The molecule has 2 rings (SSSR count). The Morgan fingerprint density at radius 3 is 2.67 bits per heavy atom. The van der Waals surface area contributed by atoms with Gasteiger partial charge in [-0.05, 0) is 19.1 Å². The van der Waals surface area contributed by atoms with Crippen LogP contribution in [-0.2, 0) is 4.79 Å². The van der Waals surface area contributed by atoms with Gasteiger partial charge in [-0.25, -0.2) is 4.79 Å². The van der Waals surface area contributed by atoms with Crippen molar-refractivity contribution in [2.45, 2.75) is 19.4 Å². The number of carbonyl (C=O) groups excluding carboxylic acids is 1. The highest BCUT2D eigenvalue weighted by Gasteiger charge is 2.30. The van der Waals surface area contributed by atoms with Gasteiger partial charge in [0.1, 0.15) is 0 Å². The fraction of sp³-hybridized carbons (Fsp3) is 0.467. The minimum Gasteiger partial charge on any atom is -0.481 e. The fourth-order valence-electron chi connectivity index (χ4n) is 2.35. The van der Waals surface area contributed by atoms with Crippen molar-refractivity contribution >= 4 is 29.4 Å². The Balaban J connectivity index is 2.12. The highest BCUT2D eigenvalue weighted by Crippen LogP contribution is 2.22. The summed E-state index contributed by atoms with van der Waals surface area (Å²) in [6.45, 7) is 2.59. The first kappa shape index (κ1) is 15.7. The first-order chi connectivity index (χ1) is 9.99. The van der Waals surface area contributed by atoms with E-state index >= 15 is 0 Å². The number of thioether (sulfide) groups is 1. The van der Waals surface area contributed by atoms with Crippen LogP contribution < -0.4 is 4.90 Å². The molecular weight excluding hydrogens is 288 g/mol. The Morgan fingerprint density at radius 1 is 1.38 bits per heavy atom. The second kappa shape index (κ2) is 6.85. The predicted octanol–water partition coefficient (Wildman–Crippen LogP) is 2.44. The van der Waals surface area contributed by atoms with E-state index in [-0.39, 0.29) is 18.5 Å². The topological polar surface area (TPSA) is 60.9 Å². The fourth-order valence-corrected chi connectivity index (χ4v) is 3.41. The summed E-state index contributed by atoms with van der Waals surface area (Å²) in [5.74, 6) is 0.668. The number of aryl methyl sites for hydroxylation is 1. The monoisotopic (exact) mass is 308 g/mol. The number of urea groups is 1. The maximum absolute atomic E-state index is 12.6. The lowest BCUT2D eigenvalue weighted by atomic mass is 10.2. The maximum atomic E-state index is 12.6. The van der Waals surface area contributed by atoms with Gasteiger partial charge in [-0.1, -0.05) is 17.7 Å². The maximum Gasteiger partial charge on any atom is 0.324 e. The van der Waals surface area contributed by atoms with E-state index in [1.807, 2.05) is 31.2 Å². The van der Waals surface area contributed by atoms with Crippen LogP contribution in [0.3, 0.4) is 0 Å². The molecule has 0 bridgehead atoms. The zero-order valence-electron chi connectivity index (χ0n) is 12.3. The zero-order chi connectivity index (χ0) is 15.4. The van der Waals surface area contributed by atoms with Crippen molar-refractivity contribution in [2.75, 3.05) is 30.0 Å². The van der Waals surface area contributed by atoms with E-state index in [4.69, 9.17) is 5.11 Å². The number of hydrogen-bond donors (Lipinski definition) is 1. The first-order valence-electron chi connectivity index (χ1n) is 6.89. The smallest absolute Gasteiger partial charge is 0.324 e. The molecule has 0 radical (unpaired) electrons. The quantitative estimate of drug-likeness (QED) is 0.931. The van der Waals surface area contributed by atoms with Gasteiger partial charge in [0, 0.05) is 30.8 Å². The van der Waals surface area contributed by atoms with Crippen LogP contribution in [-0.4, -0.2) is 53.1 Å². The summed E-state index contributed by atoms with van der Waals surface area (Å²) in [5.41, 5.74) is 1.95. The molecule has 1 aliphatic heterocycles. The lowest BCUT2D eigenvalue weighted by Gasteiger charge is -2.37. The van der Waals surface area contributed by atoms with Crippen LogP contribution >= 0.6 is 11.8 Å². The SMILES string of the molecule is Cc1ccc(N(C)C(=O)N2CCSCC2CC(=O)O)cc1. The summed E-state index contributed by atoms with van der Waals surface area (Å²) in [6.07, 6.45) is 0.000474. The van der Waals surface area contributed by atoms with Gasteiger partial charge in [0.05, 0.1) is 12.5 Å². The number of amides is 2. The average molecular weight is 308 g/mol. The summed E-state index contributed by atoms with van der Waals surface area (Å²) in [7, 11) is 1.73. The number of benzene rings is 1. The van der Waals surface area contributed by atoms with Crippen LogP contribution in [0.2, 0.25) is 0 Å². The molecule has 6 heteroatoms. The summed E-state index contributed by atoms with van der Waals surface area (Å²) < 4.78 is 0. The molecule has 1 fully saturated rings. The third kappa shape index (κ3) is 3.91. The number of nitrogens with zero attached hydrogens (tertiary/aromatic N) is 2. The third-order valence-corrected chi connectivity index (χ3v) is 4.68. The van der Waals surface area contributed by atoms with Crippen molar-refractivity contribution in [1.29, 1.82) is 0 Å². The number of aliphatic carboxylic acids is 1. The van der Waals surface area contributed by atoms with E-state index < -0.39 is 5.97 Å². The number of carboxylic acid groups (broad SMARTS) is 1. The molecular formula is C15H20N2O3S. The van der Waals surface area contributed by atoms with Crippen LogP contribution in [0.4, 0.5) is 10.5 Å². The Labute approximate surface area is 128 Å². The Bertz CT molecular complexity index is 518. The number of anilines is 1. The number of rotatable bonds is 3. The minimum absolute atomic E-state index is 0.000474. The van der Waals surface area contributed by atoms with Crippen LogP contribution in [0.1, 0.15) is 12.0 Å². The van der Waals surface area contributed by atoms with Gasteiger partial charge in [-0.3, -0.25) is 9.69 Å². The minimum atomic E-state index is -0.863. The second-order valence-corrected chi connectivity index (χ2v) is 6.35. The Kier molecular flexibility index (Phi) is 5.12. The van der Waals surface area contributed by atoms with Gasteiger partial charge in [-0.2, -0.15) is 11.8 Å². The molecule has 0 saturated carbocycles. The summed E-state index contributed by atoms with van der Waals surface area (Å²) in [6, 6.07) is 7.35. The molecule has 2 amide bonds. The summed E-state index contributed by atoms with van der Waals surface area (Å²) in [5, 5.41) is 8.99. The molecule has 1 aliphatic rings. The molecule has 1 saturated heterocycles. The highest BCUT2D eigenvalue weighted by atomic mass is 32.2. The van der Waals surface area contributed by atoms with Gasteiger partial charge < -0.3 is 10.0 Å². The normalized spacial score (nSPS) is 18.4. The van der Waals surface area contributed by atoms with E-state index in [1.54, 1.807) is 28.6 Å². The Morgan fingerprint density at radius 2 is 2.05 bits per heavy atom. The summed E-state index contributed by atoms with van der Waals surface area (Å²) >= 11 is 1.70. The molecule has 1 aromatic rings. The van der Waals surface area contributed by atoms with Crippen LogP contribution in [0.5, 0.6) is 0 Å². The van der Waals surface area contributed by atoms with Gasteiger partial charge in [0.15, 0.2) is 0 Å². The molecule has 21 heavy (non-hydrogen) atoms. The van der Waals surface area contributed by atoms with Crippen molar-refractivity contribution in [3.63, 3.8) is 0 Å². The van der Waals surface area contributed by atoms with Crippen molar-refractivity contribution in [1.82, 2.24) is 4.90 Å². The van der Waals surface area contributed by atoms with E-state index in [1.165, 1.54) is 0 Å². The predicted molar refractivity (Wildman–Crippen MR) is 85.0 cm³/mol.